The third-order valence-corrected chi connectivity index (χ3v) is 4.85. The lowest BCUT2D eigenvalue weighted by molar-refractivity contribution is -0.138. The number of nitrogens with zero attached hydrogens (tertiary/aromatic N) is 2. The highest BCUT2D eigenvalue weighted by molar-refractivity contribution is 5.78. The van der Waals surface area contributed by atoms with E-state index in [0.29, 0.717) is 41.7 Å². The van der Waals surface area contributed by atoms with E-state index in [4.69, 9.17) is 15.2 Å². The van der Waals surface area contributed by atoms with Gasteiger partial charge in [0.15, 0.2) is 0 Å². The number of primary amides is 1. The number of hydrogen-bond donors (Lipinski definition) is 2. The number of aromatic nitrogens is 2. The van der Waals surface area contributed by atoms with Gasteiger partial charge in [-0.3, -0.25) is 4.79 Å². The summed E-state index contributed by atoms with van der Waals surface area (Å²) in [4.78, 5) is 20.4. The Labute approximate surface area is 171 Å². The lowest BCUT2D eigenvalue weighted by atomic mass is 9.97. The minimum Gasteiger partial charge on any atom is -0.369 e. The second-order valence-electron chi connectivity index (χ2n) is 7.08. The smallest absolute Gasteiger partial charge is 0.369 e. The Balaban J connectivity index is 2.01. The first-order valence-electron chi connectivity index (χ1n) is 9.40. The summed E-state index contributed by atoms with van der Waals surface area (Å²) in [6.07, 6.45) is -5.38. The van der Waals surface area contributed by atoms with Gasteiger partial charge in [-0.2, -0.15) is 13.2 Å². The predicted octanol–water partition coefficient (Wildman–Crippen LogP) is 3.36. The van der Waals surface area contributed by atoms with Crippen LogP contribution in [0.1, 0.15) is 53.0 Å². The third-order valence-electron chi connectivity index (χ3n) is 4.85. The number of carbonyl (C=O) groups is 1. The molecule has 2 heterocycles. The second-order valence-corrected chi connectivity index (χ2v) is 7.08. The van der Waals surface area contributed by atoms with Gasteiger partial charge in [0.05, 0.1) is 31.2 Å². The highest BCUT2D eigenvalue weighted by Crippen LogP contribution is 2.36. The van der Waals surface area contributed by atoms with Crippen LogP contribution in [0, 0.1) is 13.8 Å². The molecule has 3 N–H and O–H groups in total. The molecule has 1 amide bonds. The number of hydrogen-bond acceptors (Lipinski definition) is 6. The Hall–Kier alpha value is -2.72. The molecule has 10 heteroatoms. The van der Waals surface area contributed by atoms with E-state index in [2.05, 4.69) is 15.3 Å². The molecule has 0 unspecified atom stereocenters. The minimum atomic E-state index is -4.45. The molecule has 2 aromatic rings. The number of anilines is 1. The Bertz CT molecular complexity index is 944. The van der Waals surface area contributed by atoms with Gasteiger partial charge in [0, 0.05) is 5.56 Å². The summed E-state index contributed by atoms with van der Waals surface area (Å²) >= 11 is 0. The number of benzene rings is 1. The Morgan fingerprint density at radius 1 is 1.27 bits per heavy atom. The number of amides is 1. The Kier molecular flexibility index (Phi) is 6.27. The van der Waals surface area contributed by atoms with Crippen molar-refractivity contribution in [3.05, 3.63) is 52.0 Å². The van der Waals surface area contributed by atoms with Gasteiger partial charge < -0.3 is 20.5 Å². The number of ether oxygens (including phenoxy) is 2. The third kappa shape index (κ3) is 4.71. The first kappa shape index (κ1) is 22.0. The van der Waals surface area contributed by atoms with Crippen LogP contribution in [0.2, 0.25) is 0 Å². The Morgan fingerprint density at radius 2 is 1.93 bits per heavy atom. The minimum absolute atomic E-state index is 0.120. The van der Waals surface area contributed by atoms with Crippen LogP contribution >= 0.6 is 0 Å². The molecule has 1 aliphatic rings. The molecule has 0 spiro atoms. The van der Waals surface area contributed by atoms with Crippen molar-refractivity contribution in [1.82, 2.24) is 9.97 Å². The van der Waals surface area contributed by atoms with Crippen molar-refractivity contribution in [2.75, 3.05) is 18.5 Å². The summed E-state index contributed by atoms with van der Waals surface area (Å²) in [5.74, 6) is 0.0974. The molecule has 1 atom stereocenters. The number of nitrogens with two attached hydrogens (primary N) is 1. The molecule has 0 saturated carbocycles. The second kappa shape index (κ2) is 8.57. The fraction of sp³-hybridized carbons (Fsp3) is 0.450. The summed E-state index contributed by atoms with van der Waals surface area (Å²) in [6.45, 7) is 5.57. The molecule has 1 aromatic heterocycles. The van der Waals surface area contributed by atoms with Gasteiger partial charge in [-0.05, 0) is 38.0 Å². The van der Waals surface area contributed by atoms with Gasteiger partial charge in [0.1, 0.15) is 17.3 Å². The molecule has 0 bridgehead atoms. The fourth-order valence-electron chi connectivity index (χ4n) is 3.51. The van der Waals surface area contributed by atoms with Gasteiger partial charge in [-0.15, -0.1) is 0 Å². The zero-order valence-electron chi connectivity index (χ0n) is 16.8. The number of nitrogens with one attached hydrogen (secondary N) is 1. The van der Waals surface area contributed by atoms with Gasteiger partial charge >= 0.3 is 6.18 Å². The van der Waals surface area contributed by atoms with Crippen LogP contribution in [0.25, 0.3) is 0 Å². The molecule has 3 rings (SSSR count). The fourth-order valence-corrected chi connectivity index (χ4v) is 3.51. The highest BCUT2D eigenvalue weighted by atomic mass is 19.4. The predicted molar refractivity (Wildman–Crippen MR) is 103 cm³/mol. The quantitative estimate of drug-likeness (QED) is 0.738. The van der Waals surface area contributed by atoms with Crippen molar-refractivity contribution in [2.24, 2.45) is 5.73 Å². The van der Waals surface area contributed by atoms with Gasteiger partial charge in [0.2, 0.25) is 12.2 Å². The van der Waals surface area contributed by atoms with E-state index in [1.165, 1.54) is 13.0 Å². The van der Waals surface area contributed by atoms with E-state index < -0.39 is 30.0 Å². The summed E-state index contributed by atoms with van der Waals surface area (Å²) in [7, 11) is 0. The maximum atomic E-state index is 13.3. The average molecular weight is 424 g/mol. The molecule has 1 aliphatic heterocycles. The molecule has 30 heavy (non-hydrogen) atoms. The monoisotopic (exact) mass is 424 g/mol. The largest absolute Gasteiger partial charge is 0.416 e. The van der Waals surface area contributed by atoms with Crippen molar-refractivity contribution >= 4 is 11.7 Å². The van der Waals surface area contributed by atoms with Crippen molar-refractivity contribution < 1.29 is 27.4 Å². The van der Waals surface area contributed by atoms with Crippen molar-refractivity contribution in [3.63, 3.8) is 0 Å². The van der Waals surface area contributed by atoms with E-state index in [-0.39, 0.29) is 12.0 Å². The van der Waals surface area contributed by atoms with E-state index in [9.17, 15) is 18.0 Å². The lowest BCUT2D eigenvalue weighted by Crippen LogP contribution is -2.21. The maximum absolute atomic E-state index is 13.3. The molecule has 162 valence electrons. The molecular formula is C20H23F3N4O3. The lowest BCUT2D eigenvalue weighted by Gasteiger charge is -2.23. The van der Waals surface area contributed by atoms with Crippen LogP contribution in [-0.4, -0.2) is 29.1 Å². The highest BCUT2D eigenvalue weighted by Gasteiger charge is 2.33. The zero-order chi connectivity index (χ0) is 22.1. The van der Waals surface area contributed by atoms with Crippen LogP contribution in [0.4, 0.5) is 19.0 Å². The molecule has 0 radical (unpaired) electrons. The van der Waals surface area contributed by atoms with Crippen molar-refractivity contribution in [2.45, 2.75) is 45.7 Å². The van der Waals surface area contributed by atoms with Crippen LogP contribution in [0.15, 0.2) is 18.2 Å². The summed E-state index contributed by atoms with van der Waals surface area (Å²) in [5, 5.41) is 3.12. The molecule has 1 saturated heterocycles. The van der Waals surface area contributed by atoms with E-state index >= 15 is 0 Å². The number of halogens is 3. The van der Waals surface area contributed by atoms with Gasteiger partial charge in [-0.1, -0.05) is 12.1 Å². The van der Waals surface area contributed by atoms with Crippen molar-refractivity contribution in [3.8, 4) is 0 Å². The topological polar surface area (TPSA) is 99.4 Å². The summed E-state index contributed by atoms with van der Waals surface area (Å²) in [6, 6.07) is 3.50. The molecular weight excluding hydrogens is 401 g/mol. The van der Waals surface area contributed by atoms with Gasteiger partial charge in [-0.25, -0.2) is 9.97 Å². The number of carbonyl (C=O) groups excluding carboxylic acids is 1. The number of aryl methyl sites for hydroxylation is 1. The van der Waals surface area contributed by atoms with E-state index in [1.54, 1.807) is 19.9 Å². The zero-order valence-corrected chi connectivity index (χ0v) is 16.8. The summed E-state index contributed by atoms with van der Waals surface area (Å²) < 4.78 is 50.9. The summed E-state index contributed by atoms with van der Waals surface area (Å²) in [5.41, 5.74) is 6.07. The maximum Gasteiger partial charge on any atom is 0.416 e. The van der Waals surface area contributed by atoms with E-state index in [0.717, 1.165) is 6.07 Å². The average Bonchev–Trinajstić information content (AvgIpc) is 3.17. The number of rotatable bonds is 6. The van der Waals surface area contributed by atoms with Crippen LogP contribution in [-0.2, 0) is 26.9 Å². The Morgan fingerprint density at radius 3 is 2.53 bits per heavy atom. The molecule has 7 nitrogen and oxygen atoms in total. The normalized spacial score (nSPS) is 15.9. The first-order valence-corrected chi connectivity index (χ1v) is 9.40. The standard InChI is InChI=1S/C20H23F3N4O3/c1-10-13(5-4-6-15(10)20(21,22)23)11(2)25-18-14(9-16(24)28)17(26-12(3)27-18)19-29-7-8-30-19/h4-6,11,19H,7-9H2,1-3H3,(H2,24,28)(H,25,26,27)/t11-/m1/s1. The van der Waals surface area contributed by atoms with Gasteiger partial charge in [0.25, 0.3) is 0 Å². The molecule has 1 aromatic carbocycles. The SMILES string of the molecule is Cc1nc(N[C@H](C)c2cccc(C(F)(F)F)c2C)c(CC(N)=O)c(C2OCCO2)n1. The van der Waals surface area contributed by atoms with Crippen LogP contribution in [0.5, 0.6) is 0 Å². The molecule has 0 aliphatic carbocycles. The van der Waals surface area contributed by atoms with Crippen LogP contribution < -0.4 is 11.1 Å². The van der Waals surface area contributed by atoms with Crippen LogP contribution in [0.3, 0.4) is 0 Å². The first-order chi connectivity index (χ1) is 14.1. The van der Waals surface area contributed by atoms with E-state index in [1.807, 2.05) is 0 Å². The van der Waals surface area contributed by atoms with Crippen molar-refractivity contribution in [1.29, 1.82) is 0 Å². The molecule has 1 fully saturated rings. The number of alkyl halides is 3.